The molecule has 54 valence electrons. The molecule has 0 aromatic carbocycles. The van der Waals surface area contributed by atoms with Crippen molar-refractivity contribution in [3.05, 3.63) is 0 Å². The number of rotatable bonds is 3. The summed E-state index contributed by atoms with van der Waals surface area (Å²) in [4.78, 5) is 19.8. The first-order valence-electron chi connectivity index (χ1n) is 2.48. The molecule has 5 heteroatoms. The van der Waals surface area contributed by atoms with E-state index in [1.54, 1.807) is 0 Å². The second-order valence-corrected chi connectivity index (χ2v) is 1.84. The van der Waals surface area contributed by atoms with Crippen LogP contribution in [0.3, 0.4) is 0 Å². The Bertz CT molecular complexity index is 138. The molecule has 0 saturated heterocycles. The first-order chi connectivity index (χ1) is 4.04. The fraction of sp³-hybridized carbons (Fsp3) is 0.600. The van der Waals surface area contributed by atoms with E-state index in [1.807, 2.05) is 0 Å². The topological polar surface area (TPSA) is 74.6 Å². The summed E-state index contributed by atoms with van der Waals surface area (Å²) in [6, 6.07) is 0. The molecule has 0 radical (unpaired) electrons. The van der Waals surface area contributed by atoms with Crippen LogP contribution in [0.5, 0.6) is 0 Å². The number of aliphatic carboxylic acids is 2. The monoisotopic (exact) mass is 156 g/mol. The minimum absolute atomic E-state index is 0. The van der Waals surface area contributed by atoms with Crippen LogP contribution in [-0.2, 0) is 9.59 Å². The smallest absolute Gasteiger partial charge is 1.00 e. The normalized spacial score (nSPS) is 11.3. The Morgan fingerprint density at radius 2 is 1.90 bits per heavy atom. The largest absolute Gasteiger partial charge is 1.00 e. The SMILES string of the molecule is CC(CC(=O)O)C(=O)O.[H-].[Na+]. The second kappa shape index (κ2) is 5.70. The van der Waals surface area contributed by atoms with E-state index in [0.717, 1.165) is 0 Å². The molecule has 4 nitrogen and oxygen atoms in total. The number of hydrogen-bond acceptors (Lipinski definition) is 2. The van der Waals surface area contributed by atoms with Gasteiger partial charge in [-0.1, -0.05) is 6.92 Å². The van der Waals surface area contributed by atoms with Crippen LogP contribution in [0.2, 0.25) is 0 Å². The van der Waals surface area contributed by atoms with E-state index >= 15 is 0 Å². The van der Waals surface area contributed by atoms with Gasteiger partial charge in [0.15, 0.2) is 0 Å². The van der Waals surface area contributed by atoms with Crippen LogP contribution in [0.1, 0.15) is 14.8 Å². The number of hydrogen-bond donors (Lipinski definition) is 2. The molecule has 0 spiro atoms. The molecule has 0 heterocycles. The van der Waals surface area contributed by atoms with Gasteiger partial charge in [-0.3, -0.25) is 9.59 Å². The number of carboxylic acid groups (broad SMARTS) is 2. The van der Waals surface area contributed by atoms with Crippen LogP contribution in [0.4, 0.5) is 0 Å². The summed E-state index contributed by atoms with van der Waals surface area (Å²) < 4.78 is 0. The predicted molar refractivity (Wildman–Crippen MR) is 30.2 cm³/mol. The molecule has 2 N–H and O–H groups in total. The van der Waals surface area contributed by atoms with E-state index in [4.69, 9.17) is 10.2 Å². The molecule has 1 unspecified atom stereocenters. The van der Waals surface area contributed by atoms with E-state index in [9.17, 15) is 9.59 Å². The van der Waals surface area contributed by atoms with Gasteiger partial charge in [0.2, 0.25) is 0 Å². The summed E-state index contributed by atoms with van der Waals surface area (Å²) >= 11 is 0. The van der Waals surface area contributed by atoms with Crippen LogP contribution in [0.15, 0.2) is 0 Å². The third kappa shape index (κ3) is 6.07. The molecule has 0 rings (SSSR count). The molecule has 1 atom stereocenters. The Balaban J connectivity index is -0.000000320. The molecule has 0 bridgehead atoms. The van der Waals surface area contributed by atoms with Crippen molar-refractivity contribution in [1.29, 1.82) is 0 Å². The molecular formula is C5H9NaO4. The van der Waals surface area contributed by atoms with Gasteiger partial charge < -0.3 is 11.6 Å². The fourth-order valence-corrected chi connectivity index (χ4v) is 0.349. The molecular weight excluding hydrogens is 147 g/mol. The van der Waals surface area contributed by atoms with Gasteiger partial charge in [-0.05, 0) is 0 Å². The van der Waals surface area contributed by atoms with Gasteiger partial charge in [0.1, 0.15) is 0 Å². The Kier molecular flexibility index (Phi) is 7.19. The van der Waals surface area contributed by atoms with Crippen molar-refractivity contribution in [3.8, 4) is 0 Å². The van der Waals surface area contributed by atoms with Gasteiger partial charge in [-0.15, -0.1) is 0 Å². The van der Waals surface area contributed by atoms with Crippen molar-refractivity contribution in [2.24, 2.45) is 5.92 Å². The number of carboxylic acids is 2. The quantitative estimate of drug-likeness (QED) is 0.436. The van der Waals surface area contributed by atoms with Crippen LogP contribution in [0, 0.1) is 5.92 Å². The Morgan fingerprint density at radius 3 is 2.00 bits per heavy atom. The van der Waals surface area contributed by atoms with E-state index in [2.05, 4.69) is 0 Å². The summed E-state index contributed by atoms with van der Waals surface area (Å²) in [7, 11) is 0. The average molecular weight is 156 g/mol. The molecule has 0 saturated carbocycles. The Labute approximate surface area is 82.0 Å². The van der Waals surface area contributed by atoms with E-state index in [0.29, 0.717) is 0 Å². The van der Waals surface area contributed by atoms with Gasteiger partial charge in [-0.25, -0.2) is 0 Å². The van der Waals surface area contributed by atoms with Crippen molar-refractivity contribution in [3.63, 3.8) is 0 Å². The van der Waals surface area contributed by atoms with Crippen LogP contribution in [0.25, 0.3) is 0 Å². The molecule has 0 aromatic heterocycles. The van der Waals surface area contributed by atoms with Gasteiger partial charge in [0, 0.05) is 0 Å². The first kappa shape index (κ1) is 12.6. The predicted octanol–water partition coefficient (Wildman–Crippen LogP) is -2.70. The summed E-state index contributed by atoms with van der Waals surface area (Å²) in [5.74, 6) is -2.94. The Morgan fingerprint density at radius 1 is 1.50 bits per heavy atom. The van der Waals surface area contributed by atoms with Crippen molar-refractivity contribution >= 4 is 11.9 Å². The van der Waals surface area contributed by atoms with Gasteiger partial charge >= 0.3 is 41.5 Å². The van der Waals surface area contributed by atoms with Crippen LogP contribution in [-0.4, -0.2) is 22.2 Å². The second-order valence-electron chi connectivity index (χ2n) is 1.84. The van der Waals surface area contributed by atoms with Crippen molar-refractivity contribution in [2.45, 2.75) is 13.3 Å². The molecule has 0 aromatic rings. The van der Waals surface area contributed by atoms with Crippen LogP contribution < -0.4 is 29.6 Å². The minimum Gasteiger partial charge on any atom is -1.00 e. The van der Waals surface area contributed by atoms with E-state index in [1.165, 1.54) is 6.92 Å². The minimum atomic E-state index is -1.08. The van der Waals surface area contributed by atoms with E-state index < -0.39 is 17.9 Å². The summed E-state index contributed by atoms with van der Waals surface area (Å²) in [6.07, 6.45) is -0.310. The van der Waals surface area contributed by atoms with Crippen molar-refractivity contribution in [1.82, 2.24) is 0 Å². The fourth-order valence-electron chi connectivity index (χ4n) is 0.349. The summed E-state index contributed by atoms with van der Waals surface area (Å²) in [5, 5.41) is 16.2. The zero-order valence-corrected chi connectivity index (χ0v) is 8.00. The zero-order valence-electron chi connectivity index (χ0n) is 7.00. The molecule has 0 aliphatic rings. The van der Waals surface area contributed by atoms with Crippen LogP contribution >= 0.6 is 0 Å². The summed E-state index contributed by atoms with van der Waals surface area (Å²) in [6.45, 7) is 1.36. The van der Waals surface area contributed by atoms with Gasteiger partial charge in [0.25, 0.3) is 0 Å². The van der Waals surface area contributed by atoms with Gasteiger partial charge in [0.05, 0.1) is 12.3 Å². The van der Waals surface area contributed by atoms with E-state index in [-0.39, 0.29) is 37.4 Å². The number of carbonyl (C=O) groups is 2. The maximum Gasteiger partial charge on any atom is 1.00 e. The maximum absolute atomic E-state index is 9.97. The molecule has 0 aliphatic carbocycles. The third-order valence-electron chi connectivity index (χ3n) is 0.902. The third-order valence-corrected chi connectivity index (χ3v) is 0.902. The van der Waals surface area contributed by atoms with Gasteiger partial charge in [-0.2, -0.15) is 0 Å². The zero-order chi connectivity index (χ0) is 7.44. The average Bonchev–Trinajstić information content (AvgIpc) is 1.63. The van der Waals surface area contributed by atoms with Crippen molar-refractivity contribution < 1.29 is 50.8 Å². The van der Waals surface area contributed by atoms with Crippen molar-refractivity contribution in [2.75, 3.05) is 0 Å². The maximum atomic E-state index is 9.97. The first-order valence-corrected chi connectivity index (χ1v) is 2.48. The Hall–Kier alpha value is -0.0600. The molecule has 0 amide bonds. The molecule has 0 aliphatic heterocycles. The molecule has 0 fully saturated rings. The molecule has 10 heavy (non-hydrogen) atoms. The standard InChI is InChI=1S/C5H8O4.Na.H/c1-3(5(8)9)2-4(6)7;;/h3H,2H2,1H3,(H,6,7)(H,8,9);;/q;+1;-1. The summed E-state index contributed by atoms with van der Waals surface area (Å²) in [5.41, 5.74) is 0.